The first-order valence-corrected chi connectivity index (χ1v) is 7.80. The average Bonchev–Trinajstić information content (AvgIpc) is 2.61. The zero-order valence-electron chi connectivity index (χ0n) is 13.9. The molecule has 0 aromatic heterocycles. The van der Waals surface area contributed by atoms with Crippen LogP contribution in [-0.2, 0) is 9.53 Å². The lowest BCUT2D eigenvalue weighted by Crippen LogP contribution is -2.21. The molecule has 0 aliphatic carbocycles. The summed E-state index contributed by atoms with van der Waals surface area (Å²) in [7, 11) is 0. The molecular formula is C16H12ClF2N3O6. The Morgan fingerprint density at radius 1 is 1.25 bits per heavy atom. The number of esters is 1. The minimum atomic E-state index is -3.05. The SMILES string of the molecule is Nc1cc([N+](=O)[O-])ccc1C(=O)OCC(=O)Nc1ccc(OC(F)F)c(Cl)c1. The molecular weight excluding hydrogens is 404 g/mol. The Hall–Kier alpha value is -3.47. The van der Waals surface area contributed by atoms with Crippen molar-refractivity contribution < 1.29 is 32.8 Å². The van der Waals surface area contributed by atoms with Gasteiger partial charge in [0.1, 0.15) is 5.75 Å². The second kappa shape index (κ2) is 8.95. The van der Waals surface area contributed by atoms with Crippen LogP contribution in [0, 0.1) is 10.1 Å². The average molecular weight is 416 g/mol. The highest BCUT2D eigenvalue weighted by atomic mass is 35.5. The number of ether oxygens (including phenoxy) is 2. The van der Waals surface area contributed by atoms with E-state index in [2.05, 4.69) is 10.1 Å². The number of rotatable bonds is 7. The van der Waals surface area contributed by atoms with Gasteiger partial charge >= 0.3 is 12.6 Å². The summed E-state index contributed by atoms with van der Waals surface area (Å²) < 4.78 is 33.3. The van der Waals surface area contributed by atoms with E-state index in [0.29, 0.717) is 0 Å². The predicted octanol–water partition coefficient (Wildman–Crippen LogP) is 3.23. The van der Waals surface area contributed by atoms with Crippen molar-refractivity contribution in [3.63, 3.8) is 0 Å². The molecule has 28 heavy (non-hydrogen) atoms. The first-order chi connectivity index (χ1) is 13.2. The Balaban J connectivity index is 1.94. The first-order valence-electron chi connectivity index (χ1n) is 7.42. The van der Waals surface area contributed by atoms with Gasteiger partial charge in [-0.15, -0.1) is 0 Å². The fourth-order valence-electron chi connectivity index (χ4n) is 2.03. The molecule has 12 heteroatoms. The molecule has 0 heterocycles. The topological polar surface area (TPSA) is 134 Å². The lowest BCUT2D eigenvalue weighted by Gasteiger charge is -2.10. The summed E-state index contributed by atoms with van der Waals surface area (Å²) in [6, 6.07) is 6.73. The summed E-state index contributed by atoms with van der Waals surface area (Å²) >= 11 is 5.76. The third-order valence-electron chi connectivity index (χ3n) is 3.23. The van der Waals surface area contributed by atoms with Crippen LogP contribution in [0.1, 0.15) is 10.4 Å². The summed E-state index contributed by atoms with van der Waals surface area (Å²) in [5, 5.41) is 12.8. The number of nitrogens with one attached hydrogen (secondary N) is 1. The maximum absolute atomic E-state index is 12.2. The normalized spacial score (nSPS) is 10.4. The molecule has 0 saturated carbocycles. The minimum absolute atomic E-state index is 0.144. The molecule has 0 aliphatic heterocycles. The summed E-state index contributed by atoms with van der Waals surface area (Å²) in [4.78, 5) is 33.8. The van der Waals surface area contributed by atoms with Crippen LogP contribution in [0.4, 0.5) is 25.8 Å². The van der Waals surface area contributed by atoms with E-state index in [1.54, 1.807) is 0 Å². The number of alkyl halides is 2. The molecule has 3 N–H and O–H groups in total. The van der Waals surface area contributed by atoms with Gasteiger partial charge in [0.15, 0.2) is 6.61 Å². The summed E-state index contributed by atoms with van der Waals surface area (Å²) in [6.45, 7) is -3.74. The zero-order valence-corrected chi connectivity index (χ0v) is 14.6. The highest BCUT2D eigenvalue weighted by Crippen LogP contribution is 2.29. The monoisotopic (exact) mass is 415 g/mol. The maximum atomic E-state index is 12.2. The molecule has 0 aliphatic rings. The van der Waals surface area contributed by atoms with Crippen LogP contribution >= 0.6 is 11.6 Å². The molecule has 9 nitrogen and oxygen atoms in total. The van der Waals surface area contributed by atoms with Crippen molar-refractivity contribution in [1.82, 2.24) is 0 Å². The van der Waals surface area contributed by atoms with Crippen LogP contribution in [0.2, 0.25) is 5.02 Å². The molecule has 148 valence electrons. The maximum Gasteiger partial charge on any atom is 0.387 e. The highest BCUT2D eigenvalue weighted by Gasteiger charge is 2.17. The van der Waals surface area contributed by atoms with Gasteiger partial charge in [-0.2, -0.15) is 8.78 Å². The first kappa shape index (κ1) is 20.8. The van der Waals surface area contributed by atoms with E-state index in [9.17, 15) is 28.5 Å². The molecule has 0 spiro atoms. The largest absolute Gasteiger partial charge is 0.452 e. The zero-order chi connectivity index (χ0) is 20.8. The molecule has 0 unspecified atom stereocenters. The predicted molar refractivity (Wildman–Crippen MR) is 94.5 cm³/mol. The number of nitrogen functional groups attached to an aromatic ring is 1. The van der Waals surface area contributed by atoms with E-state index >= 15 is 0 Å². The smallest absolute Gasteiger partial charge is 0.387 e. The van der Waals surface area contributed by atoms with Crippen molar-refractivity contribution in [3.05, 3.63) is 57.1 Å². The molecule has 0 saturated heterocycles. The molecule has 1 amide bonds. The van der Waals surface area contributed by atoms with Crippen molar-refractivity contribution in [3.8, 4) is 5.75 Å². The quantitative estimate of drug-likeness (QED) is 0.307. The number of nitrogens with zero attached hydrogens (tertiary/aromatic N) is 1. The standard InChI is InChI=1S/C16H12ClF2N3O6/c17-11-5-8(1-4-13(11)28-16(18)19)21-14(23)7-27-15(24)10-3-2-9(22(25)26)6-12(10)20/h1-6,16H,7,20H2,(H,21,23). The van der Waals surface area contributed by atoms with Gasteiger partial charge in [-0.05, 0) is 24.3 Å². The summed E-state index contributed by atoms with van der Waals surface area (Å²) in [5.41, 5.74) is 5.10. The fraction of sp³-hybridized carbons (Fsp3) is 0.125. The molecule has 0 radical (unpaired) electrons. The number of amides is 1. The van der Waals surface area contributed by atoms with Crippen molar-refractivity contribution in [2.75, 3.05) is 17.7 Å². The van der Waals surface area contributed by atoms with E-state index in [0.717, 1.165) is 24.3 Å². The number of non-ortho nitro benzene ring substituents is 1. The number of nitro benzene ring substituents is 1. The number of nitrogens with two attached hydrogens (primary N) is 1. The summed E-state index contributed by atoms with van der Waals surface area (Å²) in [5.74, 6) is -1.97. The second-order valence-corrected chi connectivity index (χ2v) is 5.58. The number of hydrogen-bond acceptors (Lipinski definition) is 7. The van der Waals surface area contributed by atoms with Gasteiger partial charge in [0.25, 0.3) is 11.6 Å². The number of anilines is 2. The van der Waals surface area contributed by atoms with Crippen LogP contribution in [0.15, 0.2) is 36.4 Å². The molecule has 0 atom stereocenters. The van der Waals surface area contributed by atoms with E-state index < -0.39 is 30.0 Å². The Morgan fingerprint density at radius 2 is 1.96 bits per heavy atom. The Bertz CT molecular complexity index is 925. The van der Waals surface area contributed by atoms with Crippen LogP contribution in [0.25, 0.3) is 0 Å². The minimum Gasteiger partial charge on any atom is -0.452 e. The Kier molecular flexibility index (Phi) is 6.66. The number of nitro groups is 1. The van der Waals surface area contributed by atoms with Gasteiger partial charge in [-0.1, -0.05) is 11.6 Å². The van der Waals surface area contributed by atoms with Gasteiger partial charge in [0.2, 0.25) is 0 Å². The number of carbonyl (C=O) groups excluding carboxylic acids is 2. The van der Waals surface area contributed by atoms with Gasteiger partial charge < -0.3 is 20.5 Å². The number of hydrogen-bond donors (Lipinski definition) is 2. The molecule has 2 rings (SSSR count). The van der Waals surface area contributed by atoms with Crippen LogP contribution in [0.3, 0.4) is 0 Å². The van der Waals surface area contributed by atoms with Gasteiger partial charge in [0.05, 0.1) is 21.2 Å². The van der Waals surface area contributed by atoms with E-state index in [4.69, 9.17) is 22.1 Å². The second-order valence-electron chi connectivity index (χ2n) is 5.18. The van der Waals surface area contributed by atoms with Crippen molar-refractivity contribution >= 4 is 40.5 Å². The van der Waals surface area contributed by atoms with Crippen molar-refractivity contribution in [2.45, 2.75) is 6.61 Å². The third kappa shape index (κ3) is 5.51. The van der Waals surface area contributed by atoms with Crippen molar-refractivity contribution in [2.24, 2.45) is 0 Å². The third-order valence-corrected chi connectivity index (χ3v) is 3.53. The van der Waals surface area contributed by atoms with Crippen LogP contribution in [0.5, 0.6) is 5.75 Å². The lowest BCUT2D eigenvalue weighted by molar-refractivity contribution is -0.384. The summed E-state index contributed by atoms with van der Waals surface area (Å²) in [6.07, 6.45) is 0. The van der Waals surface area contributed by atoms with Crippen molar-refractivity contribution in [1.29, 1.82) is 0 Å². The van der Waals surface area contributed by atoms with E-state index in [-0.39, 0.29) is 33.4 Å². The number of benzene rings is 2. The molecule has 2 aromatic rings. The van der Waals surface area contributed by atoms with Gasteiger partial charge in [0, 0.05) is 17.8 Å². The molecule has 0 fully saturated rings. The highest BCUT2D eigenvalue weighted by molar-refractivity contribution is 6.32. The van der Waals surface area contributed by atoms with Crippen LogP contribution in [-0.4, -0.2) is 30.0 Å². The Labute approximate surface area is 161 Å². The van der Waals surface area contributed by atoms with Gasteiger partial charge in [-0.25, -0.2) is 4.79 Å². The van der Waals surface area contributed by atoms with Crippen LogP contribution < -0.4 is 15.8 Å². The molecule has 0 bridgehead atoms. The lowest BCUT2D eigenvalue weighted by atomic mass is 10.1. The Morgan fingerprint density at radius 3 is 2.54 bits per heavy atom. The van der Waals surface area contributed by atoms with E-state index in [1.165, 1.54) is 12.1 Å². The number of halogens is 3. The number of carbonyl (C=O) groups is 2. The molecule has 2 aromatic carbocycles. The van der Waals surface area contributed by atoms with E-state index in [1.807, 2.05) is 0 Å². The fourth-order valence-corrected chi connectivity index (χ4v) is 2.25. The van der Waals surface area contributed by atoms with Gasteiger partial charge in [-0.3, -0.25) is 14.9 Å².